The molecule has 2 aromatic carbocycles. The molecule has 0 amide bonds. The van der Waals surface area contributed by atoms with E-state index in [0.717, 1.165) is 43.7 Å². The van der Waals surface area contributed by atoms with Crippen LogP contribution in [-0.4, -0.2) is 59.9 Å². The molecule has 0 bridgehead atoms. The van der Waals surface area contributed by atoms with Gasteiger partial charge < -0.3 is 20.5 Å². The lowest BCUT2D eigenvalue weighted by atomic mass is 10.0. The highest BCUT2D eigenvalue weighted by Crippen LogP contribution is 2.13. The molecule has 0 spiro atoms. The minimum atomic E-state index is -0.237. The van der Waals surface area contributed by atoms with Gasteiger partial charge in [0.2, 0.25) is 0 Å². The molecule has 1 aliphatic rings. The molecular formula is C27H38BrN3O4. The minimum absolute atomic E-state index is 0.135. The topological polar surface area (TPSA) is 93.9 Å². The number of nitrogens with one attached hydrogen (secondary N) is 1. The van der Waals surface area contributed by atoms with Crippen LogP contribution in [0.4, 0.5) is 0 Å². The van der Waals surface area contributed by atoms with Gasteiger partial charge in [-0.3, -0.25) is 14.5 Å². The standard InChI is InChI=1S/C18H29N3O2.C9H9BrO2/c1-15(21-11-10-20-13-18(2,19)14-21)8-9-17(22)23-12-16-6-4-3-5-7-16;10-6-9(11)12-7-8-4-2-1-3-5-8/h3-7,15,20H,8-14,19H2,1-2H3;1-5H,6-7H2. The second-order valence-electron chi connectivity index (χ2n) is 9.12. The van der Waals surface area contributed by atoms with Crippen molar-refractivity contribution < 1.29 is 19.1 Å². The SMILES string of the molecule is CC(CCC(=O)OCc1ccccc1)N1CCNCC(C)(N)C1.O=C(CBr)OCc1ccccc1. The Morgan fingerprint density at radius 1 is 1.03 bits per heavy atom. The van der Waals surface area contributed by atoms with E-state index >= 15 is 0 Å². The van der Waals surface area contributed by atoms with E-state index in [1.165, 1.54) is 0 Å². The van der Waals surface area contributed by atoms with Crippen molar-refractivity contribution >= 4 is 27.9 Å². The van der Waals surface area contributed by atoms with E-state index in [1.54, 1.807) is 0 Å². The summed E-state index contributed by atoms with van der Waals surface area (Å²) in [6, 6.07) is 19.7. The average Bonchev–Trinajstić information content (AvgIpc) is 3.06. The summed E-state index contributed by atoms with van der Waals surface area (Å²) in [4.78, 5) is 25.0. The van der Waals surface area contributed by atoms with Gasteiger partial charge >= 0.3 is 11.9 Å². The van der Waals surface area contributed by atoms with E-state index in [1.807, 2.05) is 60.7 Å². The Labute approximate surface area is 217 Å². The first-order valence-corrected chi connectivity index (χ1v) is 13.1. The Hall–Kier alpha value is -2.26. The molecule has 0 radical (unpaired) electrons. The van der Waals surface area contributed by atoms with Gasteiger partial charge in [0.15, 0.2) is 0 Å². The van der Waals surface area contributed by atoms with Gasteiger partial charge in [0.25, 0.3) is 0 Å². The highest BCUT2D eigenvalue weighted by Gasteiger charge is 2.27. The van der Waals surface area contributed by atoms with Crippen molar-refractivity contribution in [2.24, 2.45) is 5.73 Å². The molecule has 7 nitrogen and oxygen atoms in total. The van der Waals surface area contributed by atoms with Gasteiger partial charge in [-0.05, 0) is 31.4 Å². The second-order valence-corrected chi connectivity index (χ2v) is 9.68. The monoisotopic (exact) mass is 547 g/mol. The third-order valence-electron chi connectivity index (χ3n) is 5.65. The molecule has 2 aromatic rings. The van der Waals surface area contributed by atoms with Crippen molar-refractivity contribution in [2.45, 2.75) is 51.5 Å². The largest absolute Gasteiger partial charge is 0.461 e. The fourth-order valence-corrected chi connectivity index (χ4v) is 3.83. The molecule has 2 atom stereocenters. The Bertz CT molecular complexity index is 881. The fraction of sp³-hybridized carbons (Fsp3) is 0.481. The molecule has 1 aliphatic heterocycles. The van der Waals surface area contributed by atoms with Crippen LogP contribution in [0.3, 0.4) is 0 Å². The maximum absolute atomic E-state index is 11.9. The summed E-state index contributed by atoms with van der Waals surface area (Å²) < 4.78 is 10.2. The van der Waals surface area contributed by atoms with Crippen LogP contribution in [0.5, 0.6) is 0 Å². The van der Waals surface area contributed by atoms with Gasteiger partial charge in [0.1, 0.15) is 18.5 Å². The summed E-state index contributed by atoms with van der Waals surface area (Å²) in [7, 11) is 0. The highest BCUT2D eigenvalue weighted by atomic mass is 79.9. The van der Waals surface area contributed by atoms with Crippen molar-refractivity contribution in [3.8, 4) is 0 Å². The summed E-state index contributed by atoms with van der Waals surface area (Å²) in [6.45, 7) is 8.51. The zero-order chi connectivity index (χ0) is 25.5. The zero-order valence-corrected chi connectivity index (χ0v) is 22.3. The lowest BCUT2D eigenvalue weighted by Gasteiger charge is -2.33. The van der Waals surface area contributed by atoms with Crippen molar-refractivity contribution in [1.82, 2.24) is 10.2 Å². The summed E-state index contributed by atoms with van der Waals surface area (Å²) in [5.74, 6) is -0.372. The Morgan fingerprint density at radius 2 is 1.57 bits per heavy atom. The number of halogens is 1. The number of rotatable bonds is 9. The van der Waals surface area contributed by atoms with Crippen LogP contribution in [0, 0.1) is 0 Å². The number of carbonyl (C=O) groups excluding carboxylic acids is 2. The molecule has 1 saturated heterocycles. The molecule has 0 aliphatic carbocycles. The van der Waals surface area contributed by atoms with Crippen LogP contribution in [0.25, 0.3) is 0 Å². The Kier molecular flexibility index (Phi) is 13.0. The number of nitrogens with zero attached hydrogens (tertiary/aromatic N) is 1. The van der Waals surface area contributed by atoms with Crippen LogP contribution in [0.2, 0.25) is 0 Å². The van der Waals surface area contributed by atoms with Crippen LogP contribution in [0.1, 0.15) is 37.8 Å². The molecule has 3 rings (SSSR count). The van der Waals surface area contributed by atoms with E-state index in [2.05, 4.69) is 40.0 Å². The summed E-state index contributed by atoms with van der Waals surface area (Å²) in [5.41, 5.74) is 8.08. The van der Waals surface area contributed by atoms with Crippen molar-refractivity contribution in [1.29, 1.82) is 0 Å². The first kappa shape index (κ1) is 29.0. The van der Waals surface area contributed by atoms with Crippen LogP contribution >= 0.6 is 15.9 Å². The maximum atomic E-state index is 11.9. The van der Waals surface area contributed by atoms with Crippen LogP contribution in [-0.2, 0) is 32.3 Å². The number of benzene rings is 2. The number of carbonyl (C=O) groups is 2. The normalized spacial score (nSPS) is 19.0. The smallest absolute Gasteiger partial charge is 0.316 e. The van der Waals surface area contributed by atoms with Gasteiger partial charge in [-0.2, -0.15) is 0 Å². The predicted molar refractivity (Wildman–Crippen MR) is 142 cm³/mol. The third-order valence-corrected chi connectivity index (χ3v) is 6.11. The molecule has 2 unspecified atom stereocenters. The molecule has 8 heteroatoms. The van der Waals surface area contributed by atoms with Crippen LogP contribution < -0.4 is 11.1 Å². The molecule has 0 saturated carbocycles. The van der Waals surface area contributed by atoms with Gasteiger partial charge in [-0.25, -0.2) is 0 Å². The molecule has 35 heavy (non-hydrogen) atoms. The number of ether oxygens (including phenoxy) is 2. The highest BCUT2D eigenvalue weighted by molar-refractivity contribution is 9.09. The minimum Gasteiger partial charge on any atom is -0.461 e. The third kappa shape index (κ3) is 12.3. The van der Waals surface area contributed by atoms with Gasteiger partial charge in [-0.1, -0.05) is 76.6 Å². The number of hydrogen-bond acceptors (Lipinski definition) is 7. The fourth-order valence-electron chi connectivity index (χ4n) is 3.67. The summed E-state index contributed by atoms with van der Waals surface area (Å²) in [6.07, 6.45) is 1.24. The van der Waals surface area contributed by atoms with E-state index < -0.39 is 0 Å². The van der Waals surface area contributed by atoms with Crippen molar-refractivity contribution in [3.63, 3.8) is 0 Å². The molecule has 3 N–H and O–H groups in total. The van der Waals surface area contributed by atoms with E-state index in [0.29, 0.717) is 25.7 Å². The van der Waals surface area contributed by atoms with E-state index in [-0.39, 0.29) is 22.8 Å². The number of hydrogen-bond donors (Lipinski definition) is 2. The summed E-state index contributed by atoms with van der Waals surface area (Å²) in [5, 5.41) is 3.62. The number of nitrogens with two attached hydrogens (primary N) is 1. The second kappa shape index (κ2) is 15.7. The molecule has 1 heterocycles. The van der Waals surface area contributed by atoms with Gasteiger partial charge in [0, 0.05) is 44.2 Å². The van der Waals surface area contributed by atoms with E-state index in [9.17, 15) is 9.59 Å². The number of alkyl halides is 1. The predicted octanol–water partition coefficient (Wildman–Crippen LogP) is 3.65. The Balaban J connectivity index is 0.000000303. The molecule has 1 fully saturated rings. The molecular weight excluding hydrogens is 510 g/mol. The zero-order valence-electron chi connectivity index (χ0n) is 20.8. The average molecular weight is 549 g/mol. The quantitative estimate of drug-likeness (QED) is 0.365. The van der Waals surface area contributed by atoms with Crippen molar-refractivity contribution in [3.05, 3.63) is 71.8 Å². The van der Waals surface area contributed by atoms with Crippen molar-refractivity contribution in [2.75, 3.05) is 31.5 Å². The van der Waals surface area contributed by atoms with Gasteiger partial charge in [-0.15, -0.1) is 0 Å². The first-order chi connectivity index (χ1) is 16.8. The summed E-state index contributed by atoms with van der Waals surface area (Å²) >= 11 is 3.01. The number of esters is 2. The first-order valence-electron chi connectivity index (χ1n) is 12.0. The lowest BCUT2D eigenvalue weighted by molar-refractivity contribution is -0.145. The maximum Gasteiger partial charge on any atom is 0.316 e. The van der Waals surface area contributed by atoms with Crippen LogP contribution in [0.15, 0.2) is 60.7 Å². The molecule has 192 valence electrons. The lowest BCUT2D eigenvalue weighted by Crippen LogP contribution is -2.52. The molecule has 0 aromatic heterocycles. The Morgan fingerprint density at radius 3 is 2.11 bits per heavy atom. The van der Waals surface area contributed by atoms with Gasteiger partial charge in [0.05, 0.1) is 0 Å². The van der Waals surface area contributed by atoms with E-state index in [4.69, 9.17) is 15.2 Å².